The van der Waals surface area contributed by atoms with Gasteiger partial charge >= 0.3 is 0 Å². The molecule has 0 aliphatic rings. The Morgan fingerprint density at radius 3 is 2.61 bits per heavy atom. The first kappa shape index (κ1) is 19.9. The van der Waals surface area contributed by atoms with Crippen molar-refractivity contribution in [3.05, 3.63) is 70.2 Å². The highest BCUT2D eigenvalue weighted by molar-refractivity contribution is 9.10. The highest BCUT2D eigenvalue weighted by Crippen LogP contribution is 2.36. The molecule has 0 unspecified atom stereocenters. The quantitative estimate of drug-likeness (QED) is 0.407. The third-order valence-corrected chi connectivity index (χ3v) is 4.62. The summed E-state index contributed by atoms with van der Waals surface area (Å²) in [6.45, 7) is 4.88. The van der Waals surface area contributed by atoms with Crippen molar-refractivity contribution in [1.29, 1.82) is 0 Å². The fraction of sp³-hybridized carbons (Fsp3) is 0.182. The first-order valence-electron chi connectivity index (χ1n) is 9.04. The Bertz CT molecular complexity index is 1010. The molecule has 0 aliphatic heterocycles. The van der Waals surface area contributed by atoms with Crippen LogP contribution in [0.4, 0.5) is 0 Å². The number of rotatable bonds is 7. The largest absolute Gasteiger partial charge is 0.490 e. The Labute approximate surface area is 172 Å². The minimum atomic E-state index is -0.261. The smallest absolute Gasteiger partial charge is 0.271 e. The molecule has 3 aromatic rings. The molecule has 0 heterocycles. The van der Waals surface area contributed by atoms with Crippen molar-refractivity contribution in [3.63, 3.8) is 0 Å². The van der Waals surface area contributed by atoms with Gasteiger partial charge in [0.15, 0.2) is 11.5 Å². The average Bonchev–Trinajstić information content (AvgIpc) is 2.70. The molecular formula is C22H21BrN2O3. The molecule has 0 aromatic heterocycles. The summed E-state index contributed by atoms with van der Waals surface area (Å²) in [4.78, 5) is 12.5. The van der Waals surface area contributed by atoms with Gasteiger partial charge in [0.2, 0.25) is 0 Å². The molecule has 1 N–H and O–H groups in total. The average molecular weight is 441 g/mol. The Balaban J connectivity index is 1.79. The van der Waals surface area contributed by atoms with Crippen LogP contribution in [0.3, 0.4) is 0 Å². The van der Waals surface area contributed by atoms with Crippen molar-refractivity contribution < 1.29 is 14.3 Å². The molecule has 3 rings (SSSR count). The molecule has 0 radical (unpaired) electrons. The Hall–Kier alpha value is -2.86. The van der Waals surface area contributed by atoms with Crippen molar-refractivity contribution >= 4 is 38.8 Å². The Kier molecular flexibility index (Phi) is 6.66. The molecule has 144 valence electrons. The minimum Gasteiger partial charge on any atom is -0.490 e. The van der Waals surface area contributed by atoms with Crippen LogP contribution in [-0.4, -0.2) is 25.3 Å². The topological polar surface area (TPSA) is 59.9 Å². The molecule has 0 saturated carbocycles. The van der Waals surface area contributed by atoms with Crippen LogP contribution in [0.25, 0.3) is 10.8 Å². The van der Waals surface area contributed by atoms with Crippen LogP contribution in [0.15, 0.2) is 64.2 Å². The zero-order valence-electron chi connectivity index (χ0n) is 15.7. The predicted octanol–water partition coefficient (Wildman–Crippen LogP) is 5.16. The lowest BCUT2D eigenvalue weighted by Gasteiger charge is -2.13. The van der Waals surface area contributed by atoms with Gasteiger partial charge in [-0.05, 0) is 64.3 Å². The lowest BCUT2D eigenvalue weighted by atomic mass is 10.0. The summed E-state index contributed by atoms with van der Waals surface area (Å²) >= 11 is 3.50. The van der Waals surface area contributed by atoms with E-state index in [-0.39, 0.29) is 5.91 Å². The number of hydrogen-bond donors (Lipinski definition) is 1. The second-order valence-corrected chi connectivity index (χ2v) is 6.78. The summed E-state index contributed by atoms with van der Waals surface area (Å²) in [7, 11) is 0. The number of hydrogen-bond acceptors (Lipinski definition) is 4. The summed E-state index contributed by atoms with van der Waals surface area (Å²) in [6, 6.07) is 17.1. The summed E-state index contributed by atoms with van der Waals surface area (Å²) < 4.78 is 12.0. The zero-order chi connectivity index (χ0) is 19.9. The molecule has 0 bridgehead atoms. The molecule has 0 fully saturated rings. The van der Waals surface area contributed by atoms with E-state index < -0.39 is 0 Å². The number of halogens is 1. The maximum absolute atomic E-state index is 12.5. The molecule has 6 heteroatoms. The first-order valence-corrected chi connectivity index (χ1v) is 9.83. The van der Waals surface area contributed by atoms with Crippen LogP contribution in [0.1, 0.15) is 29.8 Å². The summed E-state index contributed by atoms with van der Waals surface area (Å²) in [5.74, 6) is 1.02. The van der Waals surface area contributed by atoms with E-state index in [1.54, 1.807) is 12.3 Å². The maximum Gasteiger partial charge on any atom is 0.271 e. The van der Waals surface area contributed by atoms with Crippen molar-refractivity contribution in [2.24, 2.45) is 5.10 Å². The monoisotopic (exact) mass is 440 g/mol. The number of nitrogens with one attached hydrogen (secondary N) is 1. The van der Waals surface area contributed by atoms with Crippen LogP contribution in [0, 0.1) is 0 Å². The molecule has 0 spiro atoms. The number of ether oxygens (including phenoxy) is 2. The number of carbonyl (C=O) groups excluding carboxylic acids is 1. The van der Waals surface area contributed by atoms with Crippen molar-refractivity contribution in [2.75, 3.05) is 13.2 Å². The van der Waals surface area contributed by atoms with Crippen LogP contribution in [0.2, 0.25) is 0 Å². The van der Waals surface area contributed by atoms with Crippen molar-refractivity contribution in [2.45, 2.75) is 13.8 Å². The second kappa shape index (κ2) is 9.37. The lowest BCUT2D eigenvalue weighted by Crippen LogP contribution is -2.17. The van der Waals surface area contributed by atoms with Gasteiger partial charge < -0.3 is 9.47 Å². The van der Waals surface area contributed by atoms with Gasteiger partial charge in [-0.2, -0.15) is 5.10 Å². The Morgan fingerprint density at radius 2 is 1.82 bits per heavy atom. The third kappa shape index (κ3) is 4.51. The van der Waals surface area contributed by atoms with Gasteiger partial charge in [0.05, 0.1) is 23.9 Å². The predicted molar refractivity (Wildman–Crippen MR) is 115 cm³/mol. The molecule has 5 nitrogen and oxygen atoms in total. The SMILES string of the molecule is CCOc1cc(C=NNC(=O)c2cccc3ccccc23)cc(Br)c1OCC. The summed E-state index contributed by atoms with van der Waals surface area (Å²) in [5, 5.41) is 6.00. The van der Waals surface area contributed by atoms with Gasteiger partial charge in [0.25, 0.3) is 5.91 Å². The van der Waals surface area contributed by atoms with Gasteiger partial charge in [-0.3, -0.25) is 4.79 Å². The van der Waals surface area contributed by atoms with E-state index in [1.807, 2.05) is 62.4 Å². The van der Waals surface area contributed by atoms with Gasteiger partial charge in [0.1, 0.15) is 0 Å². The maximum atomic E-state index is 12.5. The van der Waals surface area contributed by atoms with Gasteiger partial charge in [-0.1, -0.05) is 36.4 Å². The van der Waals surface area contributed by atoms with Crippen LogP contribution in [0.5, 0.6) is 11.5 Å². The molecular weight excluding hydrogens is 420 g/mol. The molecule has 28 heavy (non-hydrogen) atoms. The Morgan fingerprint density at radius 1 is 1.07 bits per heavy atom. The number of amides is 1. The van der Waals surface area contributed by atoms with E-state index in [9.17, 15) is 4.79 Å². The molecule has 1 amide bonds. The van der Waals surface area contributed by atoms with E-state index in [0.717, 1.165) is 20.8 Å². The van der Waals surface area contributed by atoms with Crippen molar-refractivity contribution in [1.82, 2.24) is 5.43 Å². The fourth-order valence-electron chi connectivity index (χ4n) is 2.86. The molecule has 0 atom stereocenters. The highest BCUT2D eigenvalue weighted by Gasteiger charge is 2.12. The highest BCUT2D eigenvalue weighted by atomic mass is 79.9. The van der Waals surface area contributed by atoms with Crippen LogP contribution in [-0.2, 0) is 0 Å². The normalized spacial score (nSPS) is 11.0. The van der Waals surface area contributed by atoms with Crippen LogP contribution >= 0.6 is 15.9 Å². The number of benzene rings is 3. The van der Waals surface area contributed by atoms with E-state index in [2.05, 4.69) is 26.5 Å². The lowest BCUT2D eigenvalue weighted by molar-refractivity contribution is 0.0957. The fourth-order valence-corrected chi connectivity index (χ4v) is 3.43. The van der Waals surface area contributed by atoms with Gasteiger partial charge in [-0.15, -0.1) is 0 Å². The van der Waals surface area contributed by atoms with Gasteiger partial charge in [-0.25, -0.2) is 5.43 Å². The standard InChI is InChI=1S/C22H21BrN2O3/c1-3-27-20-13-15(12-19(23)21(20)28-4-2)14-24-25-22(26)18-11-7-9-16-8-5-6-10-17(16)18/h5-14H,3-4H2,1-2H3,(H,25,26). The van der Waals surface area contributed by atoms with E-state index in [0.29, 0.717) is 30.3 Å². The van der Waals surface area contributed by atoms with Crippen molar-refractivity contribution in [3.8, 4) is 11.5 Å². The number of fused-ring (bicyclic) bond motifs is 1. The number of hydrazone groups is 1. The molecule has 3 aromatic carbocycles. The second-order valence-electron chi connectivity index (χ2n) is 5.92. The van der Waals surface area contributed by atoms with Crippen LogP contribution < -0.4 is 14.9 Å². The summed E-state index contributed by atoms with van der Waals surface area (Å²) in [6.07, 6.45) is 1.58. The summed E-state index contributed by atoms with van der Waals surface area (Å²) in [5.41, 5.74) is 3.95. The molecule has 0 saturated heterocycles. The van der Waals surface area contributed by atoms with E-state index in [1.165, 1.54) is 0 Å². The van der Waals surface area contributed by atoms with Gasteiger partial charge in [0, 0.05) is 5.56 Å². The van der Waals surface area contributed by atoms with E-state index >= 15 is 0 Å². The van der Waals surface area contributed by atoms with E-state index in [4.69, 9.17) is 9.47 Å². The minimum absolute atomic E-state index is 0.261. The third-order valence-electron chi connectivity index (χ3n) is 4.03. The zero-order valence-corrected chi connectivity index (χ0v) is 17.3. The molecule has 0 aliphatic carbocycles. The number of nitrogens with zero attached hydrogens (tertiary/aromatic N) is 1. The number of carbonyl (C=O) groups is 1. The first-order chi connectivity index (χ1) is 13.6.